The standard InChI is InChI=1S/C24H14ClIN2O3/c25-16-5-1-3-14(11-16)20-9-10-22(30-20)23(29)27-18-7-8-21-19(13-18)28-24(31-21)15-4-2-6-17(26)12-15/h1-13H,(H,27,29). The molecule has 152 valence electrons. The predicted octanol–water partition coefficient (Wildman–Crippen LogP) is 7.27. The van der Waals surface area contributed by atoms with Crippen molar-refractivity contribution < 1.29 is 13.6 Å². The van der Waals surface area contributed by atoms with Crippen LogP contribution in [-0.2, 0) is 0 Å². The van der Waals surface area contributed by atoms with Crippen molar-refractivity contribution in [3.8, 4) is 22.8 Å². The molecule has 0 radical (unpaired) electrons. The Morgan fingerprint density at radius 2 is 1.74 bits per heavy atom. The van der Waals surface area contributed by atoms with Gasteiger partial charge >= 0.3 is 0 Å². The number of furan rings is 1. The number of nitrogens with zero attached hydrogens (tertiary/aromatic N) is 1. The fraction of sp³-hybridized carbons (Fsp3) is 0. The van der Waals surface area contributed by atoms with Crippen LogP contribution in [0.5, 0.6) is 0 Å². The third kappa shape index (κ3) is 4.22. The number of fused-ring (bicyclic) bond motifs is 1. The molecule has 5 nitrogen and oxygen atoms in total. The number of halogens is 2. The SMILES string of the molecule is O=C(Nc1ccc2oc(-c3cccc(I)c3)nc2c1)c1ccc(-c2cccc(Cl)c2)o1. The fourth-order valence-corrected chi connectivity index (χ4v) is 3.93. The van der Waals surface area contributed by atoms with Crippen molar-refractivity contribution in [1.29, 1.82) is 0 Å². The monoisotopic (exact) mass is 540 g/mol. The number of nitrogens with one attached hydrogen (secondary N) is 1. The minimum atomic E-state index is -0.353. The van der Waals surface area contributed by atoms with Crippen molar-refractivity contribution >= 4 is 56.9 Å². The molecule has 0 fully saturated rings. The van der Waals surface area contributed by atoms with Crippen molar-refractivity contribution in [2.75, 3.05) is 5.32 Å². The van der Waals surface area contributed by atoms with Gasteiger partial charge in [0.2, 0.25) is 5.89 Å². The van der Waals surface area contributed by atoms with E-state index >= 15 is 0 Å². The summed E-state index contributed by atoms with van der Waals surface area (Å²) >= 11 is 8.28. The van der Waals surface area contributed by atoms with Gasteiger partial charge in [0.1, 0.15) is 11.3 Å². The lowest BCUT2D eigenvalue weighted by Gasteiger charge is -2.03. The van der Waals surface area contributed by atoms with Crippen molar-refractivity contribution in [2.24, 2.45) is 0 Å². The summed E-state index contributed by atoms with van der Waals surface area (Å²) in [6.45, 7) is 0. The molecule has 0 aliphatic carbocycles. The molecule has 0 aliphatic rings. The Balaban J connectivity index is 1.37. The third-order valence-corrected chi connectivity index (χ3v) is 5.56. The summed E-state index contributed by atoms with van der Waals surface area (Å²) < 4.78 is 12.7. The van der Waals surface area contributed by atoms with Crippen LogP contribution in [0.15, 0.2) is 87.7 Å². The van der Waals surface area contributed by atoms with E-state index in [-0.39, 0.29) is 11.7 Å². The minimum Gasteiger partial charge on any atom is -0.451 e. The summed E-state index contributed by atoms with van der Waals surface area (Å²) in [7, 11) is 0. The lowest BCUT2D eigenvalue weighted by atomic mass is 10.2. The molecule has 5 aromatic rings. The summed E-state index contributed by atoms with van der Waals surface area (Å²) in [5.41, 5.74) is 3.61. The van der Waals surface area contributed by atoms with Gasteiger partial charge in [-0.15, -0.1) is 0 Å². The molecule has 0 aliphatic heterocycles. The average molecular weight is 541 g/mol. The molecule has 0 saturated carbocycles. The van der Waals surface area contributed by atoms with E-state index in [2.05, 4.69) is 32.9 Å². The number of hydrogen-bond acceptors (Lipinski definition) is 4. The summed E-state index contributed by atoms with van der Waals surface area (Å²) in [6.07, 6.45) is 0. The predicted molar refractivity (Wildman–Crippen MR) is 129 cm³/mol. The van der Waals surface area contributed by atoms with Gasteiger partial charge in [-0.2, -0.15) is 0 Å². The molecule has 0 saturated heterocycles. The molecule has 3 aromatic carbocycles. The van der Waals surface area contributed by atoms with Gasteiger partial charge in [0.15, 0.2) is 11.3 Å². The highest BCUT2D eigenvalue weighted by Gasteiger charge is 2.14. The first kappa shape index (κ1) is 19.8. The zero-order valence-electron chi connectivity index (χ0n) is 15.9. The molecule has 1 amide bonds. The van der Waals surface area contributed by atoms with Crippen molar-refractivity contribution in [2.45, 2.75) is 0 Å². The minimum absolute atomic E-state index is 0.203. The average Bonchev–Trinajstić information content (AvgIpc) is 3.41. The zero-order valence-corrected chi connectivity index (χ0v) is 18.8. The van der Waals surface area contributed by atoms with Crippen molar-refractivity contribution in [3.05, 3.63) is 93.2 Å². The second-order valence-electron chi connectivity index (χ2n) is 6.84. The number of carbonyl (C=O) groups is 1. The normalized spacial score (nSPS) is 11.0. The first-order valence-electron chi connectivity index (χ1n) is 9.39. The van der Waals surface area contributed by atoms with E-state index in [9.17, 15) is 4.79 Å². The maximum Gasteiger partial charge on any atom is 0.291 e. The zero-order chi connectivity index (χ0) is 21.4. The van der Waals surface area contributed by atoms with Crippen molar-refractivity contribution in [1.82, 2.24) is 4.98 Å². The number of aromatic nitrogens is 1. The maximum absolute atomic E-state index is 12.7. The largest absolute Gasteiger partial charge is 0.451 e. The Labute approximate surface area is 196 Å². The van der Waals surface area contributed by atoms with Crippen LogP contribution in [0.1, 0.15) is 10.6 Å². The van der Waals surface area contributed by atoms with E-state index in [4.69, 9.17) is 20.4 Å². The van der Waals surface area contributed by atoms with Crippen LogP contribution in [0.3, 0.4) is 0 Å². The van der Waals surface area contributed by atoms with Gasteiger partial charge in [-0.1, -0.05) is 29.8 Å². The van der Waals surface area contributed by atoms with Crippen molar-refractivity contribution in [3.63, 3.8) is 0 Å². The molecule has 7 heteroatoms. The molecule has 31 heavy (non-hydrogen) atoms. The number of anilines is 1. The summed E-state index contributed by atoms with van der Waals surface area (Å²) in [5, 5.41) is 3.45. The molecule has 0 unspecified atom stereocenters. The number of carbonyl (C=O) groups excluding carboxylic acids is 1. The van der Waals surface area contributed by atoms with Gasteiger partial charge in [0.25, 0.3) is 5.91 Å². The third-order valence-electron chi connectivity index (χ3n) is 4.66. The van der Waals surface area contributed by atoms with Crippen LogP contribution < -0.4 is 5.32 Å². The number of rotatable bonds is 4. The second-order valence-corrected chi connectivity index (χ2v) is 8.52. The molecular formula is C24H14ClIN2O3. The lowest BCUT2D eigenvalue weighted by molar-refractivity contribution is 0.0997. The van der Waals surface area contributed by atoms with Crippen LogP contribution in [0, 0.1) is 3.57 Å². The van der Waals surface area contributed by atoms with E-state index in [0.717, 1.165) is 14.7 Å². The van der Waals surface area contributed by atoms with E-state index < -0.39 is 0 Å². The summed E-state index contributed by atoms with van der Waals surface area (Å²) in [6, 6.07) is 23.9. The summed E-state index contributed by atoms with van der Waals surface area (Å²) in [5.74, 6) is 0.958. The Morgan fingerprint density at radius 1 is 0.903 bits per heavy atom. The Bertz CT molecular complexity index is 1420. The molecule has 1 N–H and O–H groups in total. The van der Waals surface area contributed by atoms with Crippen LogP contribution in [-0.4, -0.2) is 10.9 Å². The number of oxazole rings is 1. The molecular weight excluding hydrogens is 527 g/mol. The first-order valence-corrected chi connectivity index (χ1v) is 10.8. The van der Waals surface area contributed by atoms with Gasteiger partial charge in [-0.25, -0.2) is 4.98 Å². The van der Waals surface area contributed by atoms with E-state index in [1.165, 1.54) is 0 Å². The molecule has 2 heterocycles. The lowest BCUT2D eigenvalue weighted by Crippen LogP contribution is -2.10. The van der Waals surface area contributed by atoms with E-state index in [1.807, 2.05) is 36.4 Å². The highest BCUT2D eigenvalue weighted by Crippen LogP contribution is 2.28. The van der Waals surface area contributed by atoms with Crippen LogP contribution >= 0.6 is 34.2 Å². The van der Waals surface area contributed by atoms with Gasteiger partial charge < -0.3 is 14.2 Å². The Hall–Kier alpha value is -3.10. The highest BCUT2D eigenvalue weighted by atomic mass is 127. The Kier molecular flexibility index (Phi) is 5.25. The molecule has 0 bridgehead atoms. The summed E-state index contributed by atoms with van der Waals surface area (Å²) in [4.78, 5) is 17.2. The highest BCUT2D eigenvalue weighted by molar-refractivity contribution is 14.1. The van der Waals surface area contributed by atoms with Gasteiger partial charge in [0.05, 0.1) is 0 Å². The van der Waals surface area contributed by atoms with Crippen LogP contribution in [0.2, 0.25) is 5.02 Å². The topological polar surface area (TPSA) is 68.3 Å². The number of amides is 1. The van der Waals surface area contributed by atoms with E-state index in [1.54, 1.807) is 42.5 Å². The smallest absolute Gasteiger partial charge is 0.291 e. The van der Waals surface area contributed by atoms with E-state index in [0.29, 0.717) is 33.5 Å². The fourth-order valence-electron chi connectivity index (χ4n) is 3.20. The number of benzene rings is 3. The van der Waals surface area contributed by atoms with Crippen LogP contribution in [0.4, 0.5) is 5.69 Å². The first-order chi connectivity index (χ1) is 15.0. The Morgan fingerprint density at radius 3 is 2.58 bits per heavy atom. The van der Waals surface area contributed by atoms with Crippen LogP contribution in [0.25, 0.3) is 33.9 Å². The molecule has 0 atom stereocenters. The second kappa shape index (κ2) is 8.20. The van der Waals surface area contributed by atoms with Gasteiger partial charge in [0, 0.05) is 25.4 Å². The number of hydrogen-bond donors (Lipinski definition) is 1. The molecule has 0 spiro atoms. The quantitative estimate of drug-likeness (QED) is 0.244. The van der Waals surface area contributed by atoms with Gasteiger partial charge in [-0.05, 0) is 83.3 Å². The molecule has 5 rings (SSSR count). The maximum atomic E-state index is 12.7. The molecule has 2 aromatic heterocycles. The van der Waals surface area contributed by atoms with Gasteiger partial charge in [-0.3, -0.25) is 4.79 Å².